The molecule has 2 aliphatic heterocycles. The van der Waals surface area contributed by atoms with Crippen molar-refractivity contribution in [1.82, 2.24) is 4.90 Å². The van der Waals surface area contributed by atoms with Gasteiger partial charge in [-0.05, 0) is 17.9 Å². The second-order valence-electron chi connectivity index (χ2n) is 4.42. The first-order valence-electron chi connectivity index (χ1n) is 6.06. The van der Waals surface area contributed by atoms with Crippen LogP contribution in [0, 0.1) is 0 Å². The Morgan fingerprint density at radius 2 is 2.11 bits per heavy atom. The monoisotopic (exact) mass is 275 g/mol. The van der Waals surface area contributed by atoms with Crippen LogP contribution < -0.4 is 0 Å². The smallest absolute Gasteiger partial charge is 0.329 e. The molecule has 0 aliphatic carbocycles. The summed E-state index contributed by atoms with van der Waals surface area (Å²) in [4.78, 5) is 26.0. The highest BCUT2D eigenvalue weighted by atomic mass is 32.2. The summed E-state index contributed by atoms with van der Waals surface area (Å²) in [7, 11) is 1.36. The van der Waals surface area contributed by atoms with Crippen molar-refractivity contribution in [2.45, 2.75) is 12.5 Å². The Bertz CT molecular complexity index is 582. The Morgan fingerprint density at radius 3 is 2.84 bits per heavy atom. The van der Waals surface area contributed by atoms with Crippen LogP contribution in [0.15, 0.2) is 29.7 Å². The SMILES string of the molecule is COC(=O)C1CCSC=C2c3ccccc3C(=O)N21. The summed E-state index contributed by atoms with van der Waals surface area (Å²) in [6, 6.07) is 6.93. The van der Waals surface area contributed by atoms with Crippen LogP contribution >= 0.6 is 11.8 Å². The van der Waals surface area contributed by atoms with Crippen molar-refractivity contribution in [3.05, 3.63) is 40.8 Å². The summed E-state index contributed by atoms with van der Waals surface area (Å²) in [5.41, 5.74) is 2.37. The number of hydrogen-bond donors (Lipinski definition) is 0. The van der Waals surface area contributed by atoms with Crippen molar-refractivity contribution >= 4 is 29.3 Å². The number of ether oxygens (including phenoxy) is 1. The van der Waals surface area contributed by atoms with Gasteiger partial charge in [0.05, 0.1) is 12.8 Å². The van der Waals surface area contributed by atoms with Crippen molar-refractivity contribution in [2.24, 2.45) is 0 Å². The molecule has 0 N–H and O–H groups in total. The summed E-state index contributed by atoms with van der Waals surface area (Å²) in [5, 5.41) is 1.96. The molecule has 0 bridgehead atoms. The molecule has 0 aromatic heterocycles. The number of thioether (sulfide) groups is 1. The van der Waals surface area contributed by atoms with Crippen molar-refractivity contribution in [3.8, 4) is 0 Å². The van der Waals surface area contributed by atoms with E-state index >= 15 is 0 Å². The molecule has 1 aromatic rings. The molecule has 1 atom stereocenters. The number of nitrogens with zero attached hydrogens (tertiary/aromatic N) is 1. The lowest BCUT2D eigenvalue weighted by atomic mass is 10.1. The maximum Gasteiger partial charge on any atom is 0.329 e. The fraction of sp³-hybridized carbons (Fsp3) is 0.286. The molecule has 0 fully saturated rings. The van der Waals surface area contributed by atoms with Gasteiger partial charge in [-0.3, -0.25) is 9.69 Å². The first-order valence-corrected chi connectivity index (χ1v) is 7.11. The third-order valence-electron chi connectivity index (χ3n) is 3.40. The highest BCUT2D eigenvalue weighted by Gasteiger charge is 2.41. The van der Waals surface area contributed by atoms with Crippen LogP contribution in [0.1, 0.15) is 22.3 Å². The first-order chi connectivity index (χ1) is 9.24. The molecule has 0 radical (unpaired) electrons. The average Bonchev–Trinajstić information content (AvgIpc) is 2.62. The van der Waals surface area contributed by atoms with Crippen molar-refractivity contribution in [3.63, 3.8) is 0 Å². The van der Waals surface area contributed by atoms with E-state index < -0.39 is 6.04 Å². The van der Waals surface area contributed by atoms with Gasteiger partial charge in [0.15, 0.2) is 0 Å². The average molecular weight is 275 g/mol. The lowest BCUT2D eigenvalue weighted by molar-refractivity contribution is -0.145. The number of hydrogen-bond acceptors (Lipinski definition) is 4. The second-order valence-corrected chi connectivity index (χ2v) is 5.40. The molecule has 5 heteroatoms. The fourth-order valence-electron chi connectivity index (χ4n) is 2.50. The van der Waals surface area contributed by atoms with E-state index in [1.165, 1.54) is 7.11 Å². The predicted molar refractivity (Wildman–Crippen MR) is 73.5 cm³/mol. The zero-order valence-electron chi connectivity index (χ0n) is 10.5. The molecular weight excluding hydrogens is 262 g/mol. The summed E-state index contributed by atoms with van der Waals surface area (Å²) in [6.07, 6.45) is 0.608. The summed E-state index contributed by atoms with van der Waals surface area (Å²) < 4.78 is 4.83. The third-order valence-corrected chi connectivity index (χ3v) is 4.26. The minimum absolute atomic E-state index is 0.111. The van der Waals surface area contributed by atoms with Crippen molar-refractivity contribution in [2.75, 3.05) is 12.9 Å². The van der Waals surface area contributed by atoms with E-state index in [0.29, 0.717) is 12.0 Å². The standard InChI is InChI=1S/C14H13NO3S/c1-18-14(17)11-6-7-19-8-12-9-4-2-3-5-10(9)13(16)15(11)12/h2-5,8,11H,6-7H2,1H3. The van der Waals surface area contributed by atoms with Gasteiger partial charge in [-0.15, -0.1) is 11.8 Å². The van der Waals surface area contributed by atoms with Crippen LogP contribution in [0.2, 0.25) is 0 Å². The minimum atomic E-state index is -0.522. The molecule has 1 unspecified atom stereocenters. The molecule has 0 spiro atoms. The molecule has 0 saturated heterocycles. The Hall–Kier alpha value is -1.75. The highest BCUT2D eigenvalue weighted by Crippen LogP contribution is 2.38. The summed E-state index contributed by atoms with van der Waals surface area (Å²) >= 11 is 1.63. The van der Waals surface area contributed by atoms with Crippen molar-refractivity contribution < 1.29 is 14.3 Å². The van der Waals surface area contributed by atoms with Crippen LogP contribution in [-0.4, -0.2) is 35.7 Å². The van der Waals surface area contributed by atoms with Crippen LogP contribution in [-0.2, 0) is 9.53 Å². The van der Waals surface area contributed by atoms with E-state index in [9.17, 15) is 9.59 Å². The molecule has 98 valence electrons. The first kappa shape index (κ1) is 12.3. The minimum Gasteiger partial charge on any atom is -0.467 e. The van der Waals surface area contributed by atoms with E-state index in [1.54, 1.807) is 22.7 Å². The Morgan fingerprint density at radius 1 is 1.37 bits per heavy atom. The fourth-order valence-corrected chi connectivity index (χ4v) is 3.37. The number of amides is 1. The lowest BCUT2D eigenvalue weighted by Crippen LogP contribution is -2.41. The summed E-state index contributed by atoms with van der Waals surface area (Å²) in [6.45, 7) is 0. The third kappa shape index (κ3) is 1.85. The quantitative estimate of drug-likeness (QED) is 0.737. The van der Waals surface area contributed by atoms with Crippen LogP contribution in [0.4, 0.5) is 0 Å². The molecule has 4 nitrogen and oxygen atoms in total. The lowest BCUT2D eigenvalue weighted by Gasteiger charge is -2.24. The Kier molecular flexibility index (Phi) is 3.06. The number of methoxy groups -OCH3 is 1. The van der Waals surface area contributed by atoms with Crippen LogP contribution in [0.3, 0.4) is 0 Å². The van der Waals surface area contributed by atoms with E-state index in [0.717, 1.165) is 17.0 Å². The molecule has 3 rings (SSSR count). The Labute approximate surface area is 115 Å². The van der Waals surface area contributed by atoms with Gasteiger partial charge in [-0.2, -0.15) is 0 Å². The van der Waals surface area contributed by atoms with Gasteiger partial charge in [0.1, 0.15) is 6.04 Å². The molecule has 1 amide bonds. The normalized spacial score (nSPS) is 21.3. The van der Waals surface area contributed by atoms with Gasteiger partial charge in [-0.1, -0.05) is 18.2 Å². The van der Waals surface area contributed by atoms with Crippen LogP contribution in [0.25, 0.3) is 5.70 Å². The van der Waals surface area contributed by atoms with E-state index in [4.69, 9.17) is 4.74 Å². The molecule has 2 heterocycles. The van der Waals surface area contributed by atoms with E-state index in [-0.39, 0.29) is 11.9 Å². The maximum absolute atomic E-state index is 12.5. The van der Waals surface area contributed by atoms with Gasteiger partial charge in [-0.25, -0.2) is 4.79 Å². The number of esters is 1. The number of carbonyl (C=O) groups is 2. The van der Waals surface area contributed by atoms with Gasteiger partial charge in [0, 0.05) is 16.9 Å². The zero-order valence-corrected chi connectivity index (χ0v) is 11.3. The molecular formula is C14H13NO3S. The summed E-state index contributed by atoms with van der Waals surface area (Å²) in [5.74, 6) is 0.337. The molecule has 19 heavy (non-hydrogen) atoms. The van der Waals surface area contributed by atoms with Crippen molar-refractivity contribution in [1.29, 1.82) is 0 Å². The van der Waals surface area contributed by atoms with Gasteiger partial charge >= 0.3 is 5.97 Å². The predicted octanol–water partition coefficient (Wildman–Crippen LogP) is 2.12. The second kappa shape index (κ2) is 4.74. The van der Waals surface area contributed by atoms with E-state index in [1.807, 2.05) is 23.6 Å². The van der Waals surface area contributed by atoms with E-state index in [2.05, 4.69) is 0 Å². The highest BCUT2D eigenvalue weighted by molar-refractivity contribution is 8.02. The molecule has 0 saturated carbocycles. The van der Waals surface area contributed by atoms with Crippen LogP contribution in [0.5, 0.6) is 0 Å². The number of carbonyl (C=O) groups excluding carboxylic acids is 2. The zero-order chi connectivity index (χ0) is 13.4. The Balaban J connectivity index is 2.10. The number of fused-ring (bicyclic) bond motifs is 3. The van der Waals surface area contributed by atoms with Gasteiger partial charge in [0.25, 0.3) is 5.91 Å². The maximum atomic E-state index is 12.5. The molecule has 2 aliphatic rings. The van der Waals surface area contributed by atoms with Gasteiger partial charge in [0.2, 0.25) is 0 Å². The van der Waals surface area contributed by atoms with Gasteiger partial charge < -0.3 is 4.74 Å². The number of benzene rings is 1. The molecule has 1 aromatic carbocycles. The topological polar surface area (TPSA) is 46.6 Å². The largest absolute Gasteiger partial charge is 0.467 e. The number of rotatable bonds is 1.